The van der Waals surface area contributed by atoms with Gasteiger partial charge in [0.2, 0.25) is 0 Å². The van der Waals surface area contributed by atoms with Crippen molar-refractivity contribution in [3.8, 4) is 0 Å². The molecule has 0 aliphatic carbocycles. The fourth-order valence-corrected chi connectivity index (χ4v) is 3.26. The van der Waals surface area contributed by atoms with E-state index in [-0.39, 0.29) is 18.1 Å². The summed E-state index contributed by atoms with van der Waals surface area (Å²) >= 11 is 0. The molecule has 25 heavy (non-hydrogen) atoms. The lowest BCUT2D eigenvalue weighted by Crippen LogP contribution is -2.44. The molecule has 2 atom stereocenters. The number of nitrogens with one attached hydrogen (secondary N) is 1. The summed E-state index contributed by atoms with van der Waals surface area (Å²) in [5, 5.41) is 6.93. The molecule has 1 aromatic carbocycles. The molecule has 1 aromatic heterocycles. The Hall–Kier alpha value is -2.18. The number of aryl methyl sites for hydroxylation is 1. The third kappa shape index (κ3) is 4.90. The fourth-order valence-electron chi connectivity index (χ4n) is 3.26. The topological polar surface area (TPSA) is 59.4 Å². The van der Waals surface area contributed by atoms with E-state index in [1.807, 2.05) is 0 Å². The summed E-state index contributed by atoms with van der Waals surface area (Å²) < 4.78 is 7.40. The quantitative estimate of drug-likeness (QED) is 0.902. The van der Waals surface area contributed by atoms with Gasteiger partial charge in [-0.25, -0.2) is 0 Å². The van der Waals surface area contributed by atoms with Gasteiger partial charge in [-0.3, -0.25) is 14.4 Å². The molecule has 0 bridgehead atoms. The van der Waals surface area contributed by atoms with Gasteiger partial charge in [0.1, 0.15) is 0 Å². The molecule has 1 fully saturated rings. The number of hydrogen-bond acceptors (Lipinski definition) is 4. The second-order valence-electron chi connectivity index (χ2n) is 6.85. The van der Waals surface area contributed by atoms with Crippen molar-refractivity contribution in [2.45, 2.75) is 39.1 Å². The second kappa shape index (κ2) is 7.80. The molecule has 0 spiro atoms. The van der Waals surface area contributed by atoms with Crippen LogP contribution in [0.2, 0.25) is 0 Å². The Kier molecular flexibility index (Phi) is 5.50. The minimum Gasteiger partial charge on any atom is -0.373 e. The van der Waals surface area contributed by atoms with Gasteiger partial charge >= 0.3 is 0 Å². The molecule has 1 aliphatic heterocycles. The van der Waals surface area contributed by atoms with Gasteiger partial charge in [0.25, 0.3) is 5.91 Å². The summed E-state index contributed by atoms with van der Waals surface area (Å²) in [6.07, 6.45) is 3.85. The summed E-state index contributed by atoms with van der Waals surface area (Å²) in [4.78, 5) is 14.5. The molecule has 1 N–H and O–H groups in total. The van der Waals surface area contributed by atoms with Crippen LogP contribution in [0.4, 0.5) is 0 Å². The van der Waals surface area contributed by atoms with Crippen molar-refractivity contribution in [3.63, 3.8) is 0 Å². The zero-order chi connectivity index (χ0) is 17.8. The number of benzene rings is 1. The summed E-state index contributed by atoms with van der Waals surface area (Å²) in [5.74, 6) is -0.103. The van der Waals surface area contributed by atoms with Crippen molar-refractivity contribution in [1.82, 2.24) is 20.0 Å². The molecule has 2 heterocycles. The van der Waals surface area contributed by atoms with Crippen LogP contribution in [0.25, 0.3) is 0 Å². The van der Waals surface area contributed by atoms with E-state index in [4.69, 9.17) is 4.74 Å². The number of amides is 1. The second-order valence-corrected chi connectivity index (χ2v) is 6.85. The number of carbonyl (C=O) groups is 1. The standard InChI is InChI=1S/C19H26N4O2/c1-14-10-23(11-15(2)25-14)12-17-6-4-16(5-7-17)8-20-19(24)18-9-21-22(3)13-18/h4-7,9,13-15H,8,10-12H2,1-3H3,(H,20,24). The van der Waals surface area contributed by atoms with Gasteiger partial charge in [-0.15, -0.1) is 0 Å². The van der Waals surface area contributed by atoms with E-state index in [0.717, 1.165) is 25.2 Å². The Bertz CT molecular complexity index is 700. The maximum absolute atomic E-state index is 12.0. The number of aromatic nitrogens is 2. The van der Waals surface area contributed by atoms with E-state index < -0.39 is 0 Å². The van der Waals surface area contributed by atoms with Crippen LogP contribution in [0.3, 0.4) is 0 Å². The lowest BCUT2D eigenvalue weighted by molar-refractivity contribution is -0.0704. The number of rotatable bonds is 5. The smallest absolute Gasteiger partial charge is 0.254 e. The average Bonchev–Trinajstić information content (AvgIpc) is 2.99. The Labute approximate surface area is 148 Å². The number of morpholine rings is 1. The Morgan fingerprint density at radius 3 is 2.44 bits per heavy atom. The maximum atomic E-state index is 12.0. The Morgan fingerprint density at radius 2 is 1.84 bits per heavy atom. The minimum atomic E-state index is -0.103. The van der Waals surface area contributed by atoms with E-state index in [0.29, 0.717) is 12.1 Å². The van der Waals surface area contributed by atoms with Gasteiger partial charge in [0.05, 0.1) is 24.0 Å². The van der Waals surface area contributed by atoms with Crippen LogP contribution in [0.15, 0.2) is 36.7 Å². The zero-order valence-electron chi connectivity index (χ0n) is 15.1. The predicted octanol–water partition coefficient (Wildman–Crippen LogP) is 1.96. The SMILES string of the molecule is CC1CN(Cc2ccc(CNC(=O)c3cnn(C)c3)cc2)CC(C)O1. The number of nitrogens with zero attached hydrogens (tertiary/aromatic N) is 3. The third-order valence-electron chi connectivity index (χ3n) is 4.34. The van der Waals surface area contributed by atoms with Crippen molar-refractivity contribution in [2.24, 2.45) is 7.05 Å². The molecule has 6 nitrogen and oxygen atoms in total. The number of hydrogen-bond donors (Lipinski definition) is 1. The minimum absolute atomic E-state index is 0.103. The first kappa shape index (κ1) is 17.6. The zero-order valence-corrected chi connectivity index (χ0v) is 15.1. The summed E-state index contributed by atoms with van der Waals surface area (Å²) in [7, 11) is 1.80. The van der Waals surface area contributed by atoms with Crippen LogP contribution in [0.5, 0.6) is 0 Å². The van der Waals surface area contributed by atoms with E-state index in [1.165, 1.54) is 5.56 Å². The van der Waals surface area contributed by atoms with Crippen LogP contribution in [-0.4, -0.2) is 45.9 Å². The summed E-state index contributed by atoms with van der Waals surface area (Å²) in [6, 6.07) is 8.42. The summed E-state index contributed by atoms with van der Waals surface area (Å²) in [6.45, 7) is 7.62. The highest BCUT2D eigenvalue weighted by Gasteiger charge is 2.21. The maximum Gasteiger partial charge on any atom is 0.254 e. The first-order valence-electron chi connectivity index (χ1n) is 8.72. The van der Waals surface area contributed by atoms with Crippen molar-refractivity contribution >= 4 is 5.91 Å². The Balaban J connectivity index is 1.51. The largest absolute Gasteiger partial charge is 0.373 e. The monoisotopic (exact) mass is 342 g/mol. The molecule has 0 saturated carbocycles. The van der Waals surface area contributed by atoms with Gasteiger partial charge in [0.15, 0.2) is 0 Å². The van der Waals surface area contributed by atoms with Crippen LogP contribution >= 0.6 is 0 Å². The van der Waals surface area contributed by atoms with E-state index >= 15 is 0 Å². The predicted molar refractivity (Wildman–Crippen MR) is 96.1 cm³/mol. The summed E-state index contributed by atoms with van der Waals surface area (Å²) in [5.41, 5.74) is 2.95. The number of carbonyl (C=O) groups excluding carboxylic acids is 1. The molecule has 0 radical (unpaired) electrons. The molecule has 6 heteroatoms. The fraction of sp³-hybridized carbons (Fsp3) is 0.474. The number of ether oxygens (including phenoxy) is 1. The highest BCUT2D eigenvalue weighted by molar-refractivity contribution is 5.93. The first-order chi connectivity index (χ1) is 12.0. The van der Waals surface area contributed by atoms with E-state index in [2.05, 4.69) is 53.4 Å². The van der Waals surface area contributed by atoms with E-state index in [9.17, 15) is 4.79 Å². The molecule has 2 aromatic rings. The normalized spacial score (nSPS) is 21.2. The van der Waals surface area contributed by atoms with Crippen molar-refractivity contribution in [1.29, 1.82) is 0 Å². The molecule has 1 amide bonds. The van der Waals surface area contributed by atoms with Gasteiger partial charge in [-0.1, -0.05) is 24.3 Å². The van der Waals surface area contributed by atoms with Crippen molar-refractivity contribution in [2.75, 3.05) is 13.1 Å². The van der Waals surface area contributed by atoms with Gasteiger partial charge in [0, 0.05) is 39.4 Å². The average molecular weight is 342 g/mol. The van der Waals surface area contributed by atoms with Crippen LogP contribution in [-0.2, 0) is 24.9 Å². The molecular weight excluding hydrogens is 316 g/mol. The van der Waals surface area contributed by atoms with Gasteiger partial charge in [-0.05, 0) is 25.0 Å². The highest BCUT2D eigenvalue weighted by atomic mass is 16.5. The molecule has 1 saturated heterocycles. The molecule has 1 aliphatic rings. The highest BCUT2D eigenvalue weighted by Crippen LogP contribution is 2.14. The van der Waals surface area contributed by atoms with Gasteiger partial charge < -0.3 is 10.1 Å². The third-order valence-corrected chi connectivity index (χ3v) is 4.34. The van der Waals surface area contributed by atoms with E-state index in [1.54, 1.807) is 24.1 Å². The van der Waals surface area contributed by atoms with Crippen LogP contribution in [0, 0.1) is 0 Å². The van der Waals surface area contributed by atoms with Crippen LogP contribution < -0.4 is 5.32 Å². The molecule has 2 unspecified atom stereocenters. The van der Waals surface area contributed by atoms with Gasteiger partial charge in [-0.2, -0.15) is 5.10 Å². The Morgan fingerprint density at radius 1 is 1.20 bits per heavy atom. The molecule has 3 rings (SSSR count). The molecule has 134 valence electrons. The lowest BCUT2D eigenvalue weighted by Gasteiger charge is -2.35. The lowest BCUT2D eigenvalue weighted by atomic mass is 10.1. The van der Waals surface area contributed by atoms with Crippen molar-refractivity contribution < 1.29 is 9.53 Å². The van der Waals surface area contributed by atoms with Crippen molar-refractivity contribution in [3.05, 3.63) is 53.3 Å². The van der Waals surface area contributed by atoms with Crippen LogP contribution in [0.1, 0.15) is 35.3 Å². The first-order valence-corrected chi connectivity index (χ1v) is 8.72. The molecular formula is C19H26N4O2.